The molecular weight excluding hydrogens is 1240 g/mol. The average molecular weight is 1300 g/mol. The van der Waals surface area contributed by atoms with Gasteiger partial charge in [0, 0.05) is 34.1 Å². The molecule has 0 spiro atoms. The highest BCUT2D eigenvalue weighted by molar-refractivity contribution is 7.91. The van der Waals surface area contributed by atoms with Gasteiger partial charge < -0.3 is 38.0 Å². The lowest BCUT2D eigenvalue weighted by atomic mass is 9.65. The molecule has 84 heavy (non-hydrogen) atoms. The Balaban J connectivity index is 0.000000177. The van der Waals surface area contributed by atoms with Crippen molar-refractivity contribution >= 4 is 96.5 Å². The van der Waals surface area contributed by atoms with Crippen molar-refractivity contribution < 1.29 is 55.4 Å². The first kappa shape index (κ1) is 60.2. The van der Waals surface area contributed by atoms with Gasteiger partial charge in [-0.1, -0.05) is 128 Å². The fourth-order valence-electron chi connectivity index (χ4n) is 11.0. The summed E-state index contributed by atoms with van der Waals surface area (Å²) < 4.78 is 73.8. The second-order valence-electron chi connectivity index (χ2n) is 21.7. The van der Waals surface area contributed by atoms with Crippen molar-refractivity contribution in [3.8, 4) is 34.0 Å². The molecule has 0 radical (unpaired) electrons. The third-order valence-corrected chi connectivity index (χ3v) is 20.3. The molecule has 1 atom stereocenters. The number of hydrogen-bond acceptors (Lipinski definition) is 13. The first-order valence-corrected chi connectivity index (χ1v) is 32.0. The van der Waals surface area contributed by atoms with Crippen LogP contribution in [0.2, 0.25) is 30.1 Å². The maximum absolute atomic E-state index is 12.6. The van der Waals surface area contributed by atoms with E-state index in [2.05, 4.69) is 15.1 Å². The Morgan fingerprint density at radius 2 is 1.00 bits per heavy atom. The number of esters is 1. The number of halogens is 6. The first-order valence-electron chi connectivity index (χ1n) is 27.0. The van der Waals surface area contributed by atoms with Crippen LogP contribution >= 0.6 is 69.6 Å². The zero-order valence-electron chi connectivity index (χ0n) is 44.8. The van der Waals surface area contributed by atoms with Gasteiger partial charge in [-0.2, -0.15) is 0 Å². The van der Waals surface area contributed by atoms with E-state index in [0.29, 0.717) is 112 Å². The fourth-order valence-corrected chi connectivity index (χ4v) is 14.4. The molecule has 0 saturated heterocycles. The van der Waals surface area contributed by atoms with E-state index in [4.69, 9.17) is 88.1 Å². The molecular formula is C62H54Cl6N2O12S2. The molecule has 0 amide bonds. The predicted molar refractivity (Wildman–Crippen MR) is 322 cm³/mol. The van der Waals surface area contributed by atoms with E-state index in [-0.39, 0.29) is 48.0 Å². The standard InChI is InChI=1S/C33H30Cl3NO7S.C29H24Cl3NO5S/c1-42-29(38)13-14-45(40,41)23-10-7-19(8-11-23)21-16-33(39,17-21)25-12-9-22(15-28(25)36)43-18-24-31(37-44-32(24)20-5-6-20)30-26(34)3-2-4-27(30)35;30-23-2-1-3-24(31)26(23)27-21(28(38-33-27)17-4-5-17)15-37-19-8-11-22(25(32)12-19)29(34)13-18(14-29)16-6-9-20(10-7-16)39(35)36/h2-4,7-12,15,20-21,39H,5-6,13-14,16-18H2,1H3;1-3,6-12,17-18,34H,4-5,13-15H2,(H,35,36). The number of ether oxygens (including phenoxy) is 3. The van der Waals surface area contributed by atoms with Crippen LogP contribution in [0.1, 0.15) is 126 Å². The highest BCUT2D eigenvalue weighted by Crippen LogP contribution is 2.55. The average Bonchev–Trinajstić information content (AvgIpc) is 2.38. The maximum atomic E-state index is 12.6. The van der Waals surface area contributed by atoms with Gasteiger partial charge in [-0.25, -0.2) is 12.6 Å². The lowest BCUT2D eigenvalue weighted by Gasteiger charge is -2.44. The number of aliphatic hydroxyl groups is 2. The quantitative estimate of drug-likeness (QED) is 0.0508. The molecule has 2 heterocycles. The minimum Gasteiger partial charge on any atom is -0.489 e. The monoisotopic (exact) mass is 1290 g/mol. The third kappa shape index (κ3) is 12.8. The Bertz CT molecular complexity index is 3870. The van der Waals surface area contributed by atoms with Crippen molar-refractivity contribution in [3.05, 3.63) is 196 Å². The molecule has 3 N–H and O–H groups in total. The van der Waals surface area contributed by atoms with Gasteiger partial charge in [0.25, 0.3) is 0 Å². The Kier molecular flexibility index (Phi) is 17.7. The summed E-state index contributed by atoms with van der Waals surface area (Å²) in [5, 5.41) is 34.0. The Hall–Kier alpha value is -5.47. The van der Waals surface area contributed by atoms with Crippen molar-refractivity contribution in [1.82, 2.24) is 10.3 Å². The normalized spacial score (nSPS) is 20.5. The van der Waals surface area contributed by atoms with Crippen LogP contribution in [-0.2, 0) is 54.9 Å². The molecule has 14 nitrogen and oxygen atoms in total. The summed E-state index contributed by atoms with van der Waals surface area (Å²) in [7, 11) is -2.39. The van der Waals surface area contributed by atoms with Gasteiger partial charge in [0.15, 0.2) is 20.9 Å². The number of rotatable bonds is 19. The van der Waals surface area contributed by atoms with Gasteiger partial charge >= 0.3 is 5.97 Å². The molecule has 2 aromatic heterocycles. The van der Waals surface area contributed by atoms with Gasteiger partial charge in [-0.15, -0.1) is 0 Å². The minimum absolute atomic E-state index is 0.0262. The molecule has 0 aliphatic heterocycles. The van der Waals surface area contributed by atoms with Crippen molar-refractivity contribution in [2.45, 2.75) is 116 Å². The zero-order valence-corrected chi connectivity index (χ0v) is 51.0. The number of benzene rings is 6. The summed E-state index contributed by atoms with van der Waals surface area (Å²) in [5.74, 6) is 2.48. The van der Waals surface area contributed by atoms with Crippen LogP contribution in [0.4, 0.5) is 0 Å². The third-order valence-electron chi connectivity index (χ3n) is 16.0. The molecule has 12 rings (SSSR count). The molecule has 6 aromatic carbocycles. The lowest BCUT2D eigenvalue weighted by Crippen LogP contribution is -2.40. The largest absolute Gasteiger partial charge is 0.489 e. The van der Waals surface area contributed by atoms with Crippen LogP contribution in [0.5, 0.6) is 11.5 Å². The molecule has 4 fully saturated rings. The summed E-state index contributed by atoms with van der Waals surface area (Å²) in [4.78, 5) is 11.8. The van der Waals surface area contributed by atoms with E-state index in [9.17, 15) is 32.2 Å². The number of nitrogens with zero attached hydrogens (tertiary/aromatic N) is 2. The van der Waals surface area contributed by atoms with Crippen molar-refractivity contribution in [1.29, 1.82) is 0 Å². The molecule has 4 aliphatic rings. The van der Waals surface area contributed by atoms with Crippen molar-refractivity contribution in [2.75, 3.05) is 12.9 Å². The molecule has 22 heteroatoms. The molecule has 8 aromatic rings. The lowest BCUT2D eigenvalue weighted by molar-refractivity contribution is -0.140. The van der Waals surface area contributed by atoms with Crippen LogP contribution in [-0.4, -0.2) is 56.5 Å². The van der Waals surface area contributed by atoms with Gasteiger partial charge in [-0.05, 0) is 147 Å². The maximum Gasteiger partial charge on any atom is 0.306 e. The summed E-state index contributed by atoms with van der Waals surface area (Å²) in [6.45, 7) is 0.367. The first-order chi connectivity index (χ1) is 40.2. The molecule has 1 unspecified atom stereocenters. The van der Waals surface area contributed by atoms with Crippen LogP contribution < -0.4 is 9.47 Å². The van der Waals surface area contributed by atoms with Crippen molar-refractivity contribution in [3.63, 3.8) is 0 Å². The summed E-state index contributed by atoms with van der Waals surface area (Å²) in [6, 6.07) is 34.6. The van der Waals surface area contributed by atoms with E-state index in [1.807, 2.05) is 12.1 Å². The van der Waals surface area contributed by atoms with Crippen LogP contribution in [0.15, 0.2) is 140 Å². The van der Waals surface area contributed by atoms with E-state index < -0.39 is 38.1 Å². The number of carbonyl (C=O) groups excluding carboxylic acids is 1. The van der Waals surface area contributed by atoms with E-state index in [1.54, 1.807) is 97.1 Å². The summed E-state index contributed by atoms with van der Waals surface area (Å²) in [5.41, 5.74) is 4.92. The fraction of sp³-hybridized carbons (Fsp3) is 0.306. The molecule has 0 bridgehead atoms. The van der Waals surface area contributed by atoms with Gasteiger partial charge in [0.2, 0.25) is 0 Å². The van der Waals surface area contributed by atoms with Gasteiger partial charge in [0.1, 0.15) is 47.6 Å². The Morgan fingerprint density at radius 3 is 1.37 bits per heavy atom. The predicted octanol–water partition coefficient (Wildman–Crippen LogP) is 16.0. The number of methoxy groups -OCH3 is 1. The highest BCUT2D eigenvalue weighted by Gasteiger charge is 2.47. The SMILES string of the molecule is COC(=O)CCS(=O)(=O)c1ccc(C2CC(O)(c3ccc(OCc4c(-c5c(Cl)cccc5Cl)noc4C4CC4)cc3Cl)C2)cc1.O=S(O)c1ccc(C2CC(O)(c3ccc(OCc4c(-c5c(Cl)cccc5Cl)noc4C4CC4)cc3Cl)C2)cc1. The molecule has 438 valence electrons. The van der Waals surface area contributed by atoms with Crippen molar-refractivity contribution in [2.24, 2.45) is 0 Å². The summed E-state index contributed by atoms with van der Waals surface area (Å²) in [6.07, 6.45) is 5.73. The van der Waals surface area contributed by atoms with Crippen LogP contribution in [0.25, 0.3) is 22.5 Å². The smallest absolute Gasteiger partial charge is 0.306 e. The van der Waals surface area contributed by atoms with Gasteiger partial charge in [0.05, 0.1) is 81.5 Å². The highest BCUT2D eigenvalue weighted by atomic mass is 35.5. The number of carbonyl (C=O) groups is 1. The van der Waals surface area contributed by atoms with Gasteiger partial charge in [-0.3, -0.25) is 4.79 Å². The summed E-state index contributed by atoms with van der Waals surface area (Å²) >= 11 is 37.1. The van der Waals surface area contributed by atoms with E-state index in [0.717, 1.165) is 59.5 Å². The topological polar surface area (TPSA) is 209 Å². The minimum atomic E-state index is -3.62. The second kappa shape index (κ2) is 24.7. The zero-order chi connectivity index (χ0) is 59.2. The molecule has 4 aliphatic carbocycles. The van der Waals surface area contributed by atoms with E-state index in [1.165, 1.54) is 19.2 Å². The van der Waals surface area contributed by atoms with Crippen LogP contribution in [0, 0.1) is 0 Å². The Labute approximate surface area is 517 Å². The number of aromatic nitrogens is 2. The van der Waals surface area contributed by atoms with Crippen LogP contribution in [0.3, 0.4) is 0 Å². The number of sulfone groups is 1. The number of hydrogen-bond donors (Lipinski definition) is 3. The Morgan fingerprint density at radius 1 is 0.595 bits per heavy atom. The molecule has 4 saturated carbocycles. The van der Waals surface area contributed by atoms with E-state index >= 15 is 0 Å². The second-order valence-corrected chi connectivity index (χ2v) is 27.2.